The molecule has 0 aromatic rings. The van der Waals surface area contributed by atoms with Crippen molar-refractivity contribution < 1.29 is 4.79 Å². The Bertz CT molecular complexity index is 256. The third kappa shape index (κ3) is 9.89. The molecule has 1 amide bonds. The second-order valence-electron chi connectivity index (χ2n) is 6.48. The molecular formula is C18H36N2O. The highest BCUT2D eigenvalue weighted by Gasteiger charge is 2.18. The summed E-state index contributed by atoms with van der Waals surface area (Å²) >= 11 is 0. The number of nitrogens with one attached hydrogen (secondary N) is 2. The second kappa shape index (κ2) is 13.1. The van der Waals surface area contributed by atoms with Gasteiger partial charge in [-0.05, 0) is 32.2 Å². The first-order valence-electron chi connectivity index (χ1n) is 9.35. The van der Waals surface area contributed by atoms with E-state index < -0.39 is 0 Å². The monoisotopic (exact) mass is 296 g/mol. The van der Waals surface area contributed by atoms with E-state index in [-0.39, 0.29) is 11.9 Å². The van der Waals surface area contributed by atoms with Gasteiger partial charge in [-0.3, -0.25) is 4.79 Å². The number of unbranched alkanes of at least 4 members (excludes halogenated alkanes) is 9. The Morgan fingerprint density at radius 1 is 0.952 bits per heavy atom. The van der Waals surface area contributed by atoms with Crippen LogP contribution in [0.5, 0.6) is 0 Å². The minimum Gasteiger partial charge on any atom is -0.355 e. The molecule has 0 radical (unpaired) electrons. The summed E-state index contributed by atoms with van der Waals surface area (Å²) in [6, 6.07) is 0.0612. The molecule has 0 aliphatic carbocycles. The van der Waals surface area contributed by atoms with Crippen LogP contribution >= 0.6 is 0 Å². The van der Waals surface area contributed by atoms with Gasteiger partial charge in [0.2, 0.25) is 5.91 Å². The fraction of sp³-hybridized carbons (Fsp3) is 0.944. The molecule has 1 aliphatic heterocycles. The summed E-state index contributed by atoms with van der Waals surface area (Å²) in [5.74, 6) is 0.208. The molecule has 0 aromatic carbocycles. The summed E-state index contributed by atoms with van der Waals surface area (Å²) in [5, 5.41) is 6.41. The molecule has 1 saturated heterocycles. The normalized spacial score (nSPS) is 19.3. The highest BCUT2D eigenvalue weighted by molar-refractivity contribution is 5.81. The summed E-state index contributed by atoms with van der Waals surface area (Å²) in [4.78, 5) is 11.8. The van der Waals surface area contributed by atoms with Crippen molar-refractivity contribution in [3.8, 4) is 0 Å². The standard InChI is InChI=1S/C18H36N2O/c1-2-3-4-5-6-7-8-9-10-12-15-19-17-14-11-13-16-20-18(17)21/h17,19H,2-16H2,1H3,(H,20,21). The van der Waals surface area contributed by atoms with Crippen LogP contribution in [0.1, 0.15) is 90.4 Å². The molecule has 21 heavy (non-hydrogen) atoms. The zero-order chi connectivity index (χ0) is 15.2. The fourth-order valence-electron chi connectivity index (χ4n) is 3.02. The number of hydrogen-bond donors (Lipinski definition) is 2. The quantitative estimate of drug-likeness (QED) is 0.531. The first-order valence-corrected chi connectivity index (χ1v) is 9.35. The van der Waals surface area contributed by atoms with E-state index in [1.54, 1.807) is 0 Å². The molecule has 1 unspecified atom stereocenters. The van der Waals surface area contributed by atoms with E-state index in [2.05, 4.69) is 17.6 Å². The minimum atomic E-state index is 0.0612. The van der Waals surface area contributed by atoms with Crippen molar-refractivity contribution in [1.29, 1.82) is 0 Å². The van der Waals surface area contributed by atoms with E-state index in [0.717, 1.165) is 32.4 Å². The van der Waals surface area contributed by atoms with Gasteiger partial charge in [0.05, 0.1) is 6.04 Å². The zero-order valence-electron chi connectivity index (χ0n) is 14.1. The van der Waals surface area contributed by atoms with Gasteiger partial charge in [0.1, 0.15) is 0 Å². The predicted octanol–water partition coefficient (Wildman–Crippen LogP) is 4.17. The summed E-state index contributed by atoms with van der Waals surface area (Å²) < 4.78 is 0. The molecule has 3 nitrogen and oxygen atoms in total. The smallest absolute Gasteiger partial charge is 0.237 e. The van der Waals surface area contributed by atoms with Gasteiger partial charge in [0, 0.05) is 6.54 Å². The van der Waals surface area contributed by atoms with E-state index >= 15 is 0 Å². The lowest BCUT2D eigenvalue weighted by Gasteiger charge is -2.14. The van der Waals surface area contributed by atoms with Crippen LogP contribution < -0.4 is 10.6 Å². The van der Waals surface area contributed by atoms with Gasteiger partial charge >= 0.3 is 0 Å². The fourth-order valence-corrected chi connectivity index (χ4v) is 3.02. The molecule has 0 spiro atoms. The lowest BCUT2D eigenvalue weighted by Crippen LogP contribution is -2.43. The molecule has 1 heterocycles. The number of carbonyl (C=O) groups excluding carboxylic acids is 1. The first kappa shape index (κ1) is 18.5. The van der Waals surface area contributed by atoms with Crippen LogP contribution in [0.2, 0.25) is 0 Å². The van der Waals surface area contributed by atoms with Crippen LogP contribution in [-0.4, -0.2) is 25.0 Å². The van der Waals surface area contributed by atoms with Crippen molar-refractivity contribution in [1.82, 2.24) is 10.6 Å². The highest BCUT2D eigenvalue weighted by Crippen LogP contribution is 2.10. The second-order valence-corrected chi connectivity index (χ2v) is 6.48. The van der Waals surface area contributed by atoms with Crippen molar-refractivity contribution in [2.45, 2.75) is 96.4 Å². The van der Waals surface area contributed by atoms with Crippen LogP contribution in [-0.2, 0) is 4.79 Å². The molecule has 2 N–H and O–H groups in total. The van der Waals surface area contributed by atoms with Crippen molar-refractivity contribution in [2.75, 3.05) is 13.1 Å². The Labute approximate surface area is 131 Å². The molecule has 0 bridgehead atoms. The predicted molar refractivity (Wildman–Crippen MR) is 90.5 cm³/mol. The third-order valence-electron chi connectivity index (χ3n) is 4.46. The Balaban J connectivity index is 1.84. The lowest BCUT2D eigenvalue weighted by atomic mass is 10.1. The molecule has 1 atom stereocenters. The van der Waals surface area contributed by atoms with Crippen molar-refractivity contribution in [3.05, 3.63) is 0 Å². The van der Waals surface area contributed by atoms with E-state index in [0.29, 0.717) is 0 Å². The van der Waals surface area contributed by atoms with Crippen LogP contribution in [0.15, 0.2) is 0 Å². The average Bonchev–Trinajstić information content (AvgIpc) is 2.69. The van der Waals surface area contributed by atoms with Gasteiger partial charge in [0.15, 0.2) is 0 Å². The maximum absolute atomic E-state index is 11.8. The SMILES string of the molecule is CCCCCCCCCCCCNC1CCCCNC1=O. The van der Waals surface area contributed by atoms with Crippen LogP contribution in [0.4, 0.5) is 0 Å². The number of hydrogen-bond acceptors (Lipinski definition) is 2. The van der Waals surface area contributed by atoms with Crippen LogP contribution in [0.3, 0.4) is 0 Å². The van der Waals surface area contributed by atoms with E-state index in [4.69, 9.17) is 0 Å². The molecule has 1 rings (SSSR count). The Kier molecular flexibility index (Phi) is 11.5. The van der Waals surface area contributed by atoms with Crippen LogP contribution in [0.25, 0.3) is 0 Å². The maximum Gasteiger partial charge on any atom is 0.237 e. The van der Waals surface area contributed by atoms with Gasteiger partial charge in [0.25, 0.3) is 0 Å². The molecule has 3 heteroatoms. The molecule has 0 aromatic heterocycles. The summed E-state index contributed by atoms with van der Waals surface area (Å²) in [6.45, 7) is 4.12. The number of amides is 1. The first-order chi connectivity index (χ1) is 10.3. The third-order valence-corrected chi connectivity index (χ3v) is 4.46. The maximum atomic E-state index is 11.8. The summed E-state index contributed by atoms with van der Waals surface area (Å²) in [5.41, 5.74) is 0. The van der Waals surface area contributed by atoms with E-state index in [9.17, 15) is 4.79 Å². The van der Waals surface area contributed by atoms with Crippen molar-refractivity contribution in [2.24, 2.45) is 0 Å². The van der Waals surface area contributed by atoms with Crippen molar-refractivity contribution >= 4 is 5.91 Å². The average molecular weight is 296 g/mol. The Hall–Kier alpha value is -0.570. The molecule has 1 fully saturated rings. The van der Waals surface area contributed by atoms with Crippen LogP contribution in [0, 0.1) is 0 Å². The molecular weight excluding hydrogens is 260 g/mol. The minimum absolute atomic E-state index is 0.0612. The van der Waals surface area contributed by atoms with E-state index in [1.807, 2.05) is 0 Å². The zero-order valence-corrected chi connectivity index (χ0v) is 14.1. The van der Waals surface area contributed by atoms with Crippen molar-refractivity contribution in [3.63, 3.8) is 0 Å². The lowest BCUT2D eigenvalue weighted by molar-refractivity contribution is -0.122. The van der Waals surface area contributed by atoms with Gasteiger partial charge in [-0.1, -0.05) is 64.7 Å². The van der Waals surface area contributed by atoms with Gasteiger partial charge < -0.3 is 10.6 Å². The van der Waals surface area contributed by atoms with Gasteiger partial charge in [-0.2, -0.15) is 0 Å². The Morgan fingerprint density at radius 2 is 1.57 bits per heavy atom. The number of carbonyl (C=O) groups is 1. The van der Waals surface area contributed by atoms with Gasteiger partial charge in [-0.15, -0.1) is 0 Å². The highest BCUT2D eigenvalue weighted by atomic mass is 16.2. The number of rotatable bonds is 12. The Morgan fingerprint density at radius 3 is 2.24 bits per heavy atom. The molecule has 1 aliphatic rings. The summed E-state index contributed by atoms with van der Waals surface area (Å²) in [7, 11) is 0. The summed E-state index contributed by atoms with van der Waals surface area (Å²) in [6.07, 6.45) is 16.9. The van der Waals surface area contributed by atoms with Gasteiger partial charge in [-0.25, -0.2) is 0 Å². The largest absolute Gasteiger partial charge is 0.355 e. The van der Waals surface area contributed by atoms with E-state index in [1.165, 1.54) is 64.2 Å². The topological polar surface area (TPSA) is 41.1 Å². The molecule has 124 valence electrons. The molecule has 0 saturated carbocycles.